The molecule has 3 nitrogen and oxygen atoms in total. The number of hydrogen-bond donors (Lipinski definition) is 1. The standard InChI is InChI=1S/C19H17BrO3/c20-15-8-10-17(11-9-15)22-12-16(21)13-23-19-7-3-5-14-4-1-2-6-18(14)19/h1-11,16,21H,12-13H2. The fourth-order valence-electron chi connectivity index (χ4n) is 2.28. The molecule has 1 N–H and O–H groups in total. The van der Waals surface area contributed by atoms with Gasteiger partial charge in [0.25, 0.3) is 0 Å². The van der Waals surface area contributed by atoms with Crippen molar-refractivity contribution in [2.75, 3.05) is 13.2 Å². The molecule has 0 saturated heterocycles. The van der Waals surface area contributed by atoms with Crippen molar-refractivity contribution in [1.29, 1.82) is 0 Å². The predicted octanol–water partition coefficient (Wildman–Crippen LogP) is 4.42. The summed E-state index contributed by atoms with van der Waals surface area (Å²) in [6.07, 6.45) is -0.697. The van der Waals surface area contributed by atoms with Gasteiger partial charge >= 0.3 is 0 Å². The first kappa shape index (κ1) is 15.8. The third-order valence-electron chi connectivity index (χ3n) is 3.44. The van der Waals surface area contributed by atoms with Gasteiger partial charge in [0.2, 0.25) is 0 Å². The number of aliphatic hydroxyl groups is 1. The van der Waals surface area contributed by atoms with Crippen molar-refractivity contribution in [3.63, 3.8) is 0 Å². The molecular weight excluding hydrogens is 356 g/mol. The molecule has 0 aliphatic rings. The van der Waals surface area contributed by atoms with E-state index in [1.165, 1.54) is 0 Å². The second-order valence-corrected chi connectivity index (χ2v) is 6.12. The topological polar surface area (TPSA) is 38.7 Å². The maximum Gasteiger partial charge on any atom is 0.127 e. The van der Waals surface area contributed by atoms with Gasteiger partial charge in [-0.2, -0.15) is 0 Å². The maximum atomic E-state index is 10.0. The lowest BCUT2D eigenvalue weighted by Gasteiger charge is -2.15. The van der Waals surface area contributed by atoms with Crippen LogP contribution in [0, 0.1) is 0 Å². The summed E-state index contributed by atoms with van der Waals surface area (Å²) >= 11 is 3.37. The first-order valence-electron chi connectivity index (χ1n) is 7.39. The number of rotatable bonds is 6. The van der Waals surface area contributed by atoms with E-state index in [0.717, 1.165) is 26.7 Å². The Balaban J connectivity index is 1.56. The average Bonchev–Trinajstić information content (AvgIpc) is 2.59. The van der Waals surface area contributed by atoms with Crippen molar-refractivity contribution in [3.05, 3.63) is 71.2 Å². The average molecular weight is 373 g/mol. The van der Waals surface area contributed by atoms with Crippen LogP contribution in [-0.2, 0) is 0 Å². The van der Waals surface area contributed by atoms with Crippen LogP contribution in [0.1, 0.15) is 0 Å². The van der Waals surface area contributed by atoms with E-state index in [1.807, 2.05) is 66.7 Å². The first-order valence-corrected chi connectivity index (χ1v) is 8.19. The van der Waals surface area contributed by atoms with Crippen LogP contribution in [0.4, 0.5) is 0 Å². The molecule has 3 aromatic carbocycles. The van der Waals surface area contributed by atoms with Crippen LogP contribution in [0.5, 0.6) is 11.5 Å². The molecule has 0 fully saturated rings. The summed E-state index contributed by atoms with van der Waals surface area (Å²) in [7, 11) is 0. The van der Waals surface area contributed by atoms with Gasteiger partial charge in [0.1, 0.15) is 30.8 Å². The molecule has 118 valence electrons. The third-order valence-corrected chi connectivity index (χ3v) is 3.97. The molecule has 0 aliphatic carbocycles. The molecule has 3 rings (SSSR count). The molecule has 0 aliphatic heterocycles. The van der Waals surface area contributed by atoms with Crippen LogP contribution in [-0.4, -0.2) is 24.4 Å². The second kappa shape index (κ2) is 7.49. The van der Waals surface area contributed by atoms with E-state index in [-0.39, 0.29) is 13.2 Å². The first-order chi connectivity index (χ1) is 11.2. The van der Waals surface area contributed by atoms with Crippen LogP contribution in [0.3, 0.4) is 0 Å². The Bertz CT molecular complexity index is 766. The zero-order valence-corrected chi connectivity index (χ0v) is 14.1. The molecule has 3 aromatic rings. The van der Waals surface area contributed by atoms with E-state index in [0.29, 0.717) is 0 Å². The second-order valence-electron chi connectivity index (χ2n) is 5.21. The van der Waals surface area contributed by atoms with Crippen molar-refractivity contribution < 1.29 is 14.6 Å². The number of halogens is 1. The van der Waals surface area contributed by atoms with Crippen LogP contribution >= 0.6 is 15.9 Å². The van der Waals surface area contributed by atoms with Crippen molar-refractivity contribution in [1.82, 2.24) is 0 Å². The minimum Gasteiger partial charge on any atom is -0.491 e. The van der Waals surface area contributed by atoms with Crippen molar-refractivity contribution in [2.45, 2.75) is 6.10 Å². The third kappa shape index (κ3) is 4.24. The zero-order valence-electron chi connectivity index (χ0n) is 12.5. The molecule has 0 heterocycles. The summed E-state index contributed by atoms with van der Waals surface area (Å²) in [5, 5.41) is 12.2. The minimum absolute atomic E-state index is 0.185. The Morgan fingerprint density at radius 3 is 2.35 bits per heavy atom. The van der Waals surface area contributed by atoms with Gasteiger partial charge in [-0.1, -0.05) is 52.3 Å². The molecule has 0 saturated carbocycles. The number of aliphatic hydroxyl groups excluding tert-OH is 1. The predicted molar refractivity (Wildman–Crippen MR) is 95.1 cm³/mol. The quantitative estimate of drug-likeness (QED) is 0.695. The molecule has 1 atom stereocenters. The van der Waals surface area contributed by atoms with Crippen molar-refractivity contribution in [2.24, 2.45) is 0 Å². The highest BCUT2D eigenvalue weighted by Gasteiger charge is 2.08. The van der Waals surface area contributed by atoms with Gasteiger partial charge in [-0.3, -0.25) is 0 Å². The fraction of sp³-hybridized carbons (Fsp3) is 0.158. The molecular formula is C19H17BrO3. The fourth-order valence-corrected chi connectivity index (χ4v) is 2.54. The number of hydrogen-bond acceptors (Lipinski definition) is 3. The van der Waals surface area contributed by atoms with Crippen LogP contribution in [0.2, 0.25) is 0 Å². The number of benzene rings is 3. The number of fused-ring (bicyclic) bond motifs is 1. The van der Waals surface area contributed by atoms with Gasteiger partial charge in [-0.05, 0) is 35.7 Å². The molecule has 0 radical (unpaired) electrons. The van der Waals surface area contributed by atoms with Crippen LogP contribution in [0.15, 0.2) is 71.2 Å². The van der Waals surface area contributed by atoms with Gasteiger partial charge in [-0.25, -0.2) is 0 Å². The molecule has 1 unspecified atom stereocenters. The summed E-state index contributed by atoms with van der Waals surface area (Å²) < 4.78 is 12.3. The van der Waals surface area contributed by atoms with Crippen LogP contribution < -0.4 is 9.47 Å². The lowest BCUT2D eigenvalue weighted by molar-refractivity contribution is 0.0632. The van der Waals surface area contributed by atoms with Gasteiger partial charge in [0.15, 0.2) is 0 Å². The summed E-state index contributed by atoms with van der Waals surface area (Å²) in [5.74, 6) is 1.49. The molecule has 0 aromatic heterocycles. The summed E-state index contributed by atoms with van der Waals surface area (Å²) in [4.78, 5) is 0. The van der Waals surface area contributed by atoms with Gasteiger partial charge in [0, 0.05) is 9.86 Å². The molecule has 4 heteroatoms. The van der Waals surface area contributed by atoms with Gasteiger partial charge < -0.3 is 14.6 Å². The lowest BCUT2D eigenvalue weighted by atomic mass is 10.1. The van der Waals surface area contributed by atoms with Gasteiger partial charge in [-0.15, -0.1) is 0 Å². The van der Waals surface area contributed by atoms with E-state index in [9.17, 15) is 5.11 Å². The molecule has 23 heavy (non-hydrogen) atoms. The lowest BCUT2D eigenvalue weighted by Crippen LogP contribution is -2.25. The van der Waals surface area contributed by atoms with E-state index < -0.39 is 6.10 Å². The van der Waals surface area contributed by atoms with E-state index in [2.05, 4.69) is 15.9 Å². The largest absolute Gasteiger partial charge is 0.491 e. The SMILES string of the molecule is OC(COc1ccc(Br)cc1)COc1cccc2ccccc12. The molecule has 0 spiro atoms. The highest BCUT2D eigenvalue weighted by atomic mass is 79.9. The van der Waals surface area contributed by atoms with Gasteiger partial charge in [0.05, 0.1) is 0 Å². The highest BCUT2D eigenvalue weighted by molar-refractivity contribution is 9.10. The maximum absolute atomic E-state index is 10.0. The Labute approximate surface area is 143 Å². The molecule has 0 bridgehead atoms. The minimum atomic E-state index is -0.697. The Morgan fingerprint density at radius 2 is 1.52 bits per heavy atom. The van der Waals surface area contributed by atoms with Crippen molar-refractivity contribution >= 4 is 26.7 Å². The normalized spacial score (nSPS) is 12.1. The summed E-state index contributed by atoms with van der Waals surface area (Å²) in [5.41, 5.74) is 0. The monoisotopic (exact) mass is 372 g/mol. The number of ether oxygens (including phenoxy) is 2. The highest BCUT2D eigenvalue weighted by Crippen LogP contribution is 2.25. The summed E-state index contributed by atoms with van der Waals surface area (Å²) in [6.45, 7) is 0.372. The van der Waals surface area contributed by atoms with E-state index >= 15 is 0 Å². The smallest absolute Gasteiger partial charge is 0.127 e. The Hall–Kier alpha value is -2.04. The molecule has 0 amide bonds. The zero-order chi connectivity index (χ0) is 16.1. The van der Waals surface area contributed by atoms with E-state index in [4.69, 9.17) is 9.47 Å². The summed E-state index contributed by atoms with van der Waals surface area (Å²) in [6, 6.07) is 21.4. The van der Waals surface area contributed by atoms with Crippen LogP contribution in [0.25, 0.3) is 10.8 Å². The Morgan fingerprint density at radius 1 is 0.826 bits per heavy atom. The van der Waals surface area contributed by atoms with E-state index in [1.54, 1.807) is 0 Å². The Kier molecular flexibility index (Phi) is 5.16. The van der Waals surface area contributed by atoms with Crippen molar-refractivity contribution in [3.8, 4) is 11.5 Å².